The first-order valence-electron chi connectivity index (χ1n) is 8.52. The van der Waals surface area contributed by atoms with E-state index in [-0.39, 0.29) is 0 Å². The summed E-state index contributed by atoms with van der Waals surface area (Å²) in [5, 5.41) is 3.60. The van der Waals surface area contributed by atoms with Crippen LogP contribution >= 0.6 is 0 Å². The summed E-state index contributed by atoms with van der Waals surface area (Å²) in [5.41, 5.74) is 2.27. The SMILES string of the molecule is CCN(CCc1ccncc1)C(=O)C(=O)Nc1cccc2cccnc12. The van der Waals surface area contributed by atoms with Crippen molar-refractivity contribution in [1.82, 2.24) is 14.9 Å². The van der Waals surface area contributed by atoms with E-state index in [9.17, 15) is 9.59 Å². The van der Waals surface area contributed by atoms with Gasteiger partial charge < -0.3 is 10.2 Å². The number of hydrogen-bond donors (Lipinski definition) is 1. The van der Waals surface area contributed by atoms with Gasteiger partial charge in [-0.25, -0.2) is 0 Å². The molecule has 2 heterocycles. The molecule has 0 aliphatic carbocycles. The van der Waals surface area contributed by atoms with E-state index in [0.29, 0.717) is 30.7 Å². The lowest BCUT2D eigenvalue weighted by Gasteiger charge is -2.20. The van der Waals surface area contributed by atoms with Crippen molar-refractivity contribution in [3.8, 4) is 0 Å². The van der Waals surface area contributed by atoms with Gasteiger partial charge in [0.05, 0.1) is 11.2 Å². The Hall–Kier alpha value is -3.28. The molecule has 2 aromatic heterocycles. The van der Waals surface area contributed by atoms with Crippen molar-refractivity contribution >= 4 is 28.4 Å². The molecule has 3 aromatic rings. The summed E-state index contributed by atoms with van der Waals surface area (Å²) in [4.78, 5) is 34.7. The summed E-state index contributed by atoms with van der Waals surface area (Å²) in [7, 11) is 0. The molecule has 0 atom stereocenters. The molecular weight excluding hydrogens is 328 g/mol. The second-order valence-electron chi connectivity index (χ2n) is 5.83. The van der Waals surface area contributed by atoms with Crippen LogP contribution in [0.2, 0.25) is 0 Å². The minimum atomic E-state index is -0.653. The Morgan fingerprint density at radius 2 is 1.81 bits per heavy atom. The van der Waals surface area contributed by atoms with Gasteiger partial charge in [-0.1, -0.05) is 18.2 Å². The number of nitrogens with one attached hydrogen (secondary N) is 1. The van der Waals surface area contributed by atoms with Crippen LogP contribution in [0.3, 0.4) is 0 Å². The molecule has 0 spiro atoms. The summed E-state index contributed by atoms with van der Waals surface area (Å²) in [6.45, 7) is 2.79. The number of anilines is 1. The third-order valence-electron chi connectivity index (χ3n) is 4.16. The number of hydrogen-bond acceptors (Lipinski definition) is 4. The van der Waals surface area contributed by atoms with Gasteiger partial charge in [0.1, 0.15) is 0 Å². The maximum absolute atomic E-state index is 12.5. The number of para-hydroxylation sites is 1. The number of nitrogens with zero attached hydrogens (tertiary/aromatic N) is 3. The van der Waals surface area contributed by atoms with Gasteiger partial charge in [-0.2, -0.15) is 0 Å². The van der Waals surface area contributed by atoms with Crippen LogP contribution in [-0.2, 0) is 16.0 Å². The summed E-state index contributed by atoms with van der Waals surface area (Å²) >= 11 is 0. The number of benzene rings is 1. The summed E-state index contributed by atoms with van der Waals surface area (Å²) in [6, 6.07) is 13.0. The van der Waals surface area contributed by atoms with Gasteiger partial charge in [-0.3, -0.25) is 19.6 Å². The van der Waals surface area contributed by atoms with Gasteiger partial charge in [0, 0.05) is 37.1 Å². The van der Waals surface area contributed by atoms with Crippen LogP contribution in [0.1, 0.15) is 12.5 Å². The molecule has 0 saturated heterocycles. The highest BCUT2D eigenvalue weighted by molar-refractivity contribution is 6.40. The van der Waals surface area contributed by atoms with Crippen LogP contribution in [-0.4, -0.2) is 39.8 Å². The lowest BCUT2D eigenvalue weighted by atomic mass is 10.2. The number of fused-ring (bicyclic) bond motifs is 1. The zero-order valence-corrected chi connectivity index (χ0v) is 14.6. The molecule has 1 aromatic carbocycles. The molecule has 132 valence electrons. The molecule has 3 rings (SSSR count). The predicted molar refractivity (Wildman–Crippen MR) is 101 cm³/mol. The molecule has 0 aliphatic heterocycles. The number of amides is 2. The number of aromatic nitrogens is 2. The Morgan fingerprint density at radius 3 is 2.58 bits per heavy atom. The van der Waals surface area contributed by atoms with Crippen LogP contribution in [0.15, 0.2) is 61.1 Å². The van der Waals surface area contributed by atoms with E-state index in [2.05, 4.69) is 15.3 Å². The fourth-order valence-electron chi connectivity index (χ4n) is 2.74. The maximum atomic E-state index is 12.5. The lowest BCUT2D eigenvalue weighted by Crippen LogP contribution is -2.40. The van der Waals surface area contributed by atoms with Crippen LogP contribution in [0.5, 0.6) is 0 Å². The third kappa shape index (κ3) is 4.03. The van der Waals surface area contributed by atoms with E-state index >= 15 is 0 Å². The van der Waals surface area contributed by atoms with E-state index in [1.165, 1.54) is 4.90 Å². The van der Waals surface area contributed by atoms with Crippen molar-refractivity contribution in [1.29, 1.82) is 0 Å². The minimum absolute atomic E-state index is 0.463. The largest absolute Gasteiger partial charge is 0.334 e. The van der Waals surface area contributed by atoms with Gasteiger partial charge in [-0.15, -0.1) is 0 Å². The standard InChI is InChI=1S/C20H20N4O2/c1-2-24(14-10-15-8-12-21-13-9-15)20(26)19(25)23-17-7-3-5-16-6-4-11-22-18(16)17/h3-9,11-13H,2,10,14H2,1H3,(H,23,25). The molecule has 0 fully saturated rings. The number of rotatable bonds is 5. The Morgan fingerprint density at radius 1 is 1.04 bits per heavy atom. The monoisotopic (exact) mass is 348 g/mol. The molecule has 0 bridgehead atoms. The number of pyridine rings is 2. The Kier molecular flexibility index (Phi) is 5.53. The molecular formula is C20H20N4O2. The molecule has 1 N–H and O–H groups in total. The maximum Gasteiger partial charge on any atom is 0.313 e. The predicted octanol–water partition coefficient (Wildman–Crippen LogP) is 2.66. The molecule has 2 amide bonds. The van der Waals surface area contributed by atoms with E-state index in [0.717, 1.165) is 10.9 Å². The van der Waals surface area contributed by atoms with Crippen LogP contribution in [0, 0.1) is 0 Å². The molecule has 0 unspecified atom stereocenters. The Bertz CT molecular complexity index is 907. The molecule has 6 heteroatoms. The fraction of sp³-hybridized carbons (Fsp3) is 0.200. The molecule has 0 radical (unpaired) electrons. The van der Waals surface area contributed by atoms with Crippen molar-refractivity contribution in [2.75, 3.05) is 18.4 Å². The van der Waals surface area contributed by atoms with Crippen LogP contribution < -0.4 is 5.32 Å². The van der Waals surface area contributed by atoms with Gasteiger partial charge in [0.2, 0.25) is 0 Å². The van der Waals surface area contributed by atoms with Crippen molar-refractivity contribution in [2.45, 2.75) is 13.3 Å². The van der Waals surface area contributed by atoms with E-state index in [4.69, 9.17) is 0 Å². The van der Waals surface area contributed by atoms with Crippen LogP contribution in [0.4, 0.5) is 5.69 Å². The highest BCUT2D eigenvalue weighted by Crippen LogP contribution is 2.20. The molecule has 0 saturated carbocycles. The smallest absolute Gasteiger partial charge is 0.313 e. The van der Waals surface area contributed by atoms with Crippen molar-refractivity contribution in [3.05, 3.63) is 66.6 Å². The first kappa shape index (κ1) is 17.5. The van der Waals surface area contributed by atoms with Gasteiger partial charge in [0.15, 0.2) is 0 Å². The summed E-state index contributed by atoms with van der Waals surface area (Å²) in [6.07, 6.45) is 5.76. The molecule has 26 heavy (non-hydrogen) atoms. The van der Waals surface area contributed by atoms with E-state index in [1.807, 2.05) is 43.3 Å². The van der Waals surface area contributed by atoms with E-state index in [1.54, 1.807) is 24.7 Å². The molecule has 6 nitrogen and oxygen atoms in total. The summed E-state index contributed by atoms with van der Waals surface area (Å²) < 4.78 is 0. The zero-order chi connectivity index (χ0) is 18.4. The van der Waals surface area contributed by atoms with Crippen molar-refractivity contribution in [3.63, 3.8) is 0 Å². The third-order valence-corrected chi connectivity index (χ3v) is 4.16. The van der Waals surface area contributed by atoms with Crippen LogP contribution in [0.25, 0.3) is 10.9 Å². The second kappa shape index (κ2) is 8.20. The number of carbonyl (C=O) groups is 2. The van der Waals surface area contributed by atoms with E-state index < -0.39 is 11.8 Å². The molecule has 0 aliphatic rings. The Balaban J connectivity index is 1.68. The minimum Gasteiger partial charge on any atom is -0.334 e. The average Bonchev–Trinajstić information content (AvgIpc) is 2.69. The van der Waals surface area contributed by atoms with Crippen molar-refractivity contribution in [2.24, 2.45) is 0 Å². The fourth-order valence-corrected chi connectivity index (χ4v) is 2.74. The van der Waals surface area contributed by atoms with Gasteiger partial charge >= 0.3 is 11.8 Å². The Labute approximate surface area is 151 Å². The topological polar surface area (TPSA) is 75.2 Å². The van der Waals surface area contributed by atoms with Gasteiger partial charge in [-0.05, 0) is 43.2 Å². The first-order chi connectivity index (χ1) is 12.7. The number of carbonyl (C=O) groups excluding carboxylic acids is 2. The van der Waals surface area contributed by atoms with Gasteiger partial charge in [0.25, 0.3) is 0 Å². The summed E-state index contributed by atoms with van der Waals surface area (Å²) in [5.74, 6) is -1.20. The average molecular weight is 348 g/mol. The quantitative estimate of drug-likeness (QED) is 0.719. The first-order valence-corrected chi connectivity index (χ1v) is 8.52. The normalized spacial score (nSPS) is 10.5. The second-order valence-corrected chi connectivity index (χ2v) is 5.83. The highest BCUT2D eigenvalue weighted by Gasteiger charge is 2.21. The number of likely N-dealkylation sites (N-methyl/N-ethyl adjacent to an activating group) is 1. The van der Waals surface area contributed by atoms with Crippen molar-refractivity contribution < 1.29 is 9.59 Å². The lowest BCUT2D eigenvalue weighted by molar-refractivity contribution is -0.143. The highest BCUT2D eigenvalue weighted by atomic mass is 16.2. The zero-order valence-electron chi connectivity index (χ0n) is 14.6.